The number of ether oxygens (including phenoxy) is 1. The molecular weight excluding hydrogens is 140 g/mol. The highest BCUT2D eigenvalue weighted by molar-refractivity contribution is 5.72. The zero-order valence-corrected chi connectivity index (χ0v) is 6.88. The number of carbonyl (C=O) groups excluding carboxylic acids is 1. The van der Waals surface area contributed by atoms with E-state index in [9.17, 15) is 4.79 Å². The predicted molar refractivity (Wildman–Crippen MR) is 41.0 cm³/mol. The molecule has 0 amide bonds. The molecule has 2 heteroatoms. The molecule has 62 valence electrons. The molecule has 0 aromatic carbocycles. The highest BCUT2D eigenvalue weighted by atomic mass is 16.6. The summed E-state index contributed by atoms with van der Waals surface area (Å²) in [6.07, 6.45) is 4.64. The van der Waals surface area contributed by atoms with E-state index < -0.39 is 0 Å². The van der Waals surface area contributed by atoms with Crippen molar-refractivity contribution in [3.63, 3.8) is 0 Å². The first-order valence-corrected chi connectivity index (χ1v) is 4.47. The second kappa shape index (κ2) is 2.50. The maximum absolute atomic E-state index is 10.9. The topological polar surface area (TPSA) is 26.3 Å². The van der Waals surface area contributed by atoms with Crippen molar-refractivity contribution in [3.05, 3.63) is 0 Å². The van der Waals surface area contributed by atoms with Gasteiger partial charge in [0.05, 0.1) is 6.42 Å². The second-order valence-electron chi connectivity index (χ2n) is 3.83. The van der Waals surface area contributed by atoms with Gasteiger partial charge in [-0.25, -0.2) is 0 Å². The third kappa shape index (κ3) is 1.15. The van der Waals surface area contributed by atoms with E-state index in [0.29, 0.717) is 18.3 Å². The Morgan fingerprint density at radius 1 is 1.45 bits per heavy atom. The summed E-state index contributed by atoms with van der Waals surface area (Å²) in [5.41, 5.74) is 0. The highest BCUT2D eigenvalue weighted by Crippen LogP contribution is 2.37. The smallest absolute Gasteiger partial charge is 0.306 e. The number of rotatable bonds is 0. The van der Waals surface area contributed by atoms with E-state index in [1.54, 1.807) is 0 Å². The lowest BCUT2D eigenvalue weighted by molar-refractivity contribution is -0.143. The van der Waals surface area contributed by atoms with Gasteiger partial charge in [0.15, 0.2) is 0 Å². The summed E-state index contributed by atoms with van der Waals surface area (Å²) in [4.78, 5) is 10.9. The average molecular weight is 154 g/mol. The largest absolute Gasteiger partial charge is 0.462 e. The van der Waals surface area contributed by atoms with E-state index in [4.69, 9.17) is 4.74 Å². The molecular formula is C9H14O2. The van der Waals surface area contributed by atoms with Crippen LogP contribution in [-0.4, -0.2) is 12.1 Å². The van der Waals surface area contributed by atoms with Gasteiger partial charge in [-0.05, 0) is 18.8 Å². The lowest BCUT2D eigenvalue weighted by Gasteiger charge is -2.28. The molecule has 11 heavy (non-hydrogen) atoms. The van der Waals surface area contributed by atoms with Gasteiger partial charge in [-0.1, -0.05) is 13.3 Å². The van der Waals surface area contributed by atoms with Crippen LogP contribution < -0.4 is 0 Å². The summed E-state index contributed by atoms with van der Waals surface area (Å²) < 4.78 is 5.24. The minimum Gasteiger partial charge on any atom is -0.462 e. The monoisotopic (exact) mass is 154 g/mol. The summed E-state index contributed by atoms with van der Waals surface area (Å²) in [6.45, 7) is 2.19. The van der Waals surface area contributed by atoms with Gasteiger partial charge in [-0.2, -0.15) is 0 Å². The lowest BCUT2D eigenvalue weighted by atomic mass is 9.80. The Hall–Kier alpha value is -0.530. The Morgan fingerprint density at radius 3 is 3.00 bits per heavy atom. The maximum atomic E-state index is 10.9. The van der Waals surface area contributed by atoms with Gasteiger partial charge < -0.3 is 4.74 Å². The standard InChI is InChI=1S/C9H14O2/c1-6-3-2-4-7-5-8(10)11-9(6)7/h6-7,9H,2-5H2,1H3/t6-,7-,9-/m1/s1. The van der Waals surface area contributed by atoms with Gasteiger partial charge >= 0.3 is 5.97 Å². The molecule has 1 saturated carbocycles. The van der Waals surface area contributed by atoms with Crippen LogP contribution in [0.4, 0.5) is 0 Å². The zero-order valence-electron chi connectivity index (χ0n) is 6.88. The lowest BCUT2D eigenvalue weighted by Crippen LogP contribution is -2.28. The van der Waals surface area contributed by atoms with Crippen molar-refractivity contribution in [2.24, 2.45) is 11.8 Å². The first-order chi connectivity index (χ1) is 5.27. The molecule has 2 rings (SSSR count). The number of hydrogen-bond acceptors (Lipinski definition) is 2. The fourth-order valence-corrected chi connectivity index (χ4v) is 2.34. The fraction of sp³-hybridized carbons (Fsp3) is 0.889. The molecule has 0 radical (unpaired) electrons. The Labute approximate surface area is 66.9 Å². The van der Waals surface area contributed by atoms with Crippen LogP contribution in [0.3, 0.4) is 0 Å². The van der Waals surface area contributed by atoms with Crippen LogP contribution in [0.1, 0.15) is 32.6 Å². The molecule has 2 aliphatic rings. The van der Waals surface area contributed by atoms with Gasteiger partial charge in [0.2, 0.25) is 0 Å². The molecule has 0 N–H and O–H groups in total. The van der Waals surface area contributed by atoms with Crippen LogP contribution >= 0.6 is 0 Å². The van der Waals surface area contributed by atoms with Crippen LogP contribution in [0.5, 0.6) is 0 Å². The van der Waals surface area contributed by atoms with Crippen LogP contribution in [0, 0.1) is 11.8 Å². The Bertz CT molecular complexity index is 176. The van der Waals surface area contributed by atoms with Gasteiger partial charge in [0.25, 0.3) is 0 Å². The predicted octanol–water partition coefficient (Wildman–Crippen LogP) is 1.74. The average Bonchev–Trinajstić information content (AvgIpc) is 2.31. The zero-order chi connectivity index (χ0) is 7.84. The van der Waals surface area contributed by atoms with Crippen LogP contribution in [0.2, 0.25) is 0 Å². The summed E-state index contributed by atoms with van der Waals surface area (Å²) in [6, 6.07) is 0. The summed E-state index contributed by atoms with van der Waals surface area (Å²) in [7, 11) is 0. The van der Waals surface area contributed by atoms with E-state index in [1.807, 2.05) is 0 Å². The summed E-state index contributed by atoms with van der Waals surface area (Å²) in [5.74, 6) is 1.17. The molecule has 0 aromatic heterocycles. The molecule has 3 atom stereocenters. The molecule has 0 bridgehead atoms. The fourth-order valence-electron chi connectivity index (χ4n) is 2.34. The highest BCUT2D eigenvalue weighted by Gasteiger charge is 2.40. The normalized spacial score (nSPS) is 43.4. The number of hydrogen-bond donors (Lipinski definition) is 0. The van der Waals surface area contributed by atoms with Crippen LogP contribution in [0.15, 0.2) is 0 Å². The Kier molecular flexibility index (Phi) is 1.63. The van der Waals surface area contributed by atoms with E-state index in [-0.39, 0.29) is 12.1 Å². The minimum atomic E-state index is 0.0220. The number of carbonyl (C=O) groups is 1. The number of fused-ring (bicyclic) bond motifs is 1. The van der Waals surface area contributed by atoms with Crippen LogP contribution in [0.25, 0.3) is 0 Å². The first kappa shape index (κ1) is 7.14. The van der Waals surface area contributed by atoms with E-state index >= 15 is 0 Å². The quantitative estimate of drug-likeness (QED) is 0.497. The van der Waals surface area contributed by atoms with Crippen molar-refractivity contribution < 1.29 is 9.53 Å². The van der Waals surface area contributed by atoms with E-state index in [2.05, 4.69) is 6.92 Å². The molecule has 1 aliphatic heterocycles. The van der Waals surface area contributed by atoms with Crippen molar-refractivity contribution in [1.29, 1.82) is 0 Å². The minimum absolute atomic E-state index is 0.0220. The third-order valence-electron chi connectivity index (χ3n) is 2.96. The number of esters is 1. The van der Waals surface area contributed by atoms with Crippen molar-refractivity contribution >= 4 is 5.97 Å². The summed E-state index contributed by atoms with van der Waals surface area (Å²) in [5, 5.41) is 0. The second-order valence-corrected chi connectivity index (χ2v) is 3.83. The molecule has 1 heterocycles. The van der Waals surface area contributed by atoms with Crippen molar-refractivity contribution in [2.75, 3.05) is 0 Å². The molecule has 0 unspecified atom stereocenters. The molecule has 1 aliphatic carbocycles. The third-order valence-corrected chi connectivity index (χ3v) is 2.96. The molecule has 0 aromatic rings. The van der Waals surface area contributed by atoms with Crippen LogP contribution in [-0.2, 0) is 9.53 Å². The van der Waals surface area contributed by atoms with Crippen molar-refractivity contribution in [1.82, 2.24) is 0 Å². The van der Waals surface area contributed by atoms with Gasteiger partial charge in [0, 0.05) is 5.92 Å². The van der Waals surface area contributed by atoms with Gasteiger partial charge in [-0.3, -0.25) is 4.79 Å². The van der Waals surface area contributed by atoms with Crippen molar-refractivity contribution in [2.45, 2.75) is 38.7 Å². The van der Waals surface area contributed by atoms with E-state index in [1.165, 1.54) is 19.3 Å². The van der Waals surface area contributed by atoms with Gasteiger partial charge in [0.1, 0.15) is 6.10 Å². The summed E-state index contributed by atoms with van der Waals surface area (Å²) >= 11 is 0. The molecule has 0 spiro atoms. The maximum Gasteiger partial charge on any atom is 0.306 e. The molecule has 1 saturated heterocycles. The molecule has 2 nitrogen and oxygen atoms in total. The van der Waals surface area contributed by atoms with E-state index in [0.717, 1.165) is 0 Å². The Balaban J connectivity index is 2.09. The Morgan fingerprint density at radius 2 is 2.27 bits per heavy atom. The molecule has 2 fully saturated rings. The SMILES string of the molecule is C[C@@H]1CCC[C@@H]2CC(=O)O[C@@H]21. The first-order valence-electron chi connectivity index (χ1n) is 4.47. The van der Waals surface area contributed by atoms with Crippen molar-refractivity contribution in [3.8, 4) is 0 Å². The van der Waals surface area contributed by atoms with Gasteiger partial charge in [-0.15, -0.1) is 0 Å².